The maximum absolute atomic E-state index is 13.0. The van der Waals surface area contributed by atoms with Crippen LogP contribution in [0.25, 0.3) is 0 Å². The minimum absolute atomic E-state index is 0.0872. The summed E-state index contributed by atoms with van der Waals surface area (Å²) in [6.07, 6.45) is 3.02. The molecule has 5 nitrogen and oxygen atoms in total. The molecule has 15 heavy (non-hydrogen) atoms. The lowest BCUT2D eigenvalue weighted by atomic mass is 10.3. The van der Waals surface area contributed by atoms with Crippen molar-refractivity contribution in [2.24, 2.45) is 10.7 Å². The molecule has 2 N–H and O–H groups in total. The van der Waals surface area contributed by atoms with Crippen molar-refractivity contribution in [1.82, 2.24) is 9.97 Å². The third kappa shape index (κ3) is 3.00. The highest BCUT2D eigenvalue weighted by Crippen LogP contribution is 2.14. The molecule has 1 aromatic heterocycles. The van der Waals surface area contributed by atoms with Crippen LogP contribution in [0.4, 0.5) is 10.2 Å². The number of aliphatic imine (C=N–C) groups is 1. The smallest absolute Gasteiger partial charge is 0.224 e. The third-order valence-corrected chi connectivity index (χ3v) is 1.51. The van der Waals surface area contributed by atoms with E-state index in [0.717, 1.165) is 18.6 Å². The van der Waals surface area contributed by atoms with Gasteiger partial charge in [0.05, 0.1) is 11.8 Å². The van der Waals surface area contributed by atoms with Gasteiger partial charge in [-0.1, -0.05) is 0 Å². The Hall–Kier alpha value is -2.00. The molecule has 0 spiro atoms. The van der Waals surface area contributed by atoms with E-state index < -0.39 is 5.82 Å². The Morgan fingerprint density at radius 1 is 1.73 bits per heavy atom. The van der Waals surface area contributed by atoms with Gasteiger partial charge >= 0.3 is 0 Å². The zero-order chi connectivity index (χ0) is 11.3. The van der Waals surface area contributed by atoms with E-state index in [2.05, 4.69) is 15.0 Å². The molecule has 0 aliphatic heterocycles. The van der Waals surface area contributed by atoms with E-state index in [4.69, 9.17) is 22.6 Å². The lowest BCUT2D eigenvalue weighted by Gasteiger charge is -1.94. The van der Waals surface area contributed by atoms with Gasteiger partial charge in [0.25, 0.3) is 0 Å². The number of rotatable bonds is 2. The van der Waals surface area contributed by atoms with Crippen molar-refractivity contribution in [1.29, 1.82) is 5.26 Å². The van der Waals surface area contributed by atoms with E-state index >= 15 is 0 Å². The molecule has 0 unspecified atom stereocenters. The van der Waals surface area contributed by atoms with Gasteiger partial charge < -0.3 is 5.73 Å². The quantitative estimate of drug-likeness (QED) is 0.467. The number of hydrogen-bond donors (Lipinski definition) is 1. The largest absolute Gasteiger partial charge is 0.403 e. The van der Waals surface area contributed by atoms with Gasteiger partial charge in [0, 0.05) is 12.4 Å². The number of halogens is 2. The van der Waals surface area contributed by atoms with Crippen LogP contribution in [0.2, 0.25) is 5.28 Å². The van der Waals surface area contributed by atoms with Crippen molar-refractivity contribution in [2.45, 2.75) is 0 Å². The van der Waals surface area contributed by atoms with Gasteiger partial charge in [0.2, 0.25) is 5.28 Å². The fourth-order valence-electron chi connectivity index (χ4n) is 0.668. The van der Waals surface area contributed by atoms with E-state index in [9.17, 15) is 4.39 Å². The van der Waals surface area contributed by atoms with Crippen LogP contribution < -0.4 is 5.73 Å². The summed E-state index contributed by atoms with van der Waals surface area (Å²) in [6.45, 7) is 0. The van der Waals surface area contributed by atoms with Crippen LogP contribution in [0.5, 0.6) is 0 Å². The number of nitriles is 1. The van der Waals surface area contributed by atoms with Gasteiger partial charge in [-0.2, -0.15) is 10.2 Å². The normalized spacial score (nSPS) is 11.7. The fourth-order valence-corrected chi connectivity index (χ4v) is 0.797. The minimum Gasteiger partial charge on any atom is -0.403 e. The topological polar surface area (TPSA) is 88.0 Å². The highest BCUT2D eigenvalue weighted by atomic mass is 35.5. The molecule has 0 aliphatic rings. The molecule has 76 valence electrons. The second-order valence-corrected chi connectivity index (χ2v) is 2.64. The molecule has 0 aliphatic carbocycles. The summed E-state index contributed by atoms with van der Waals surface area (Å²) >= 11 is 5.43. The molecule has 0 radical (unpaired) electrons. The molecule has 1 rings (SSSR count). The van der Waals surface area contributed by atoms with Crippen LogP contribution in [-0.4, -0.2) is 16.2 Å². The summed E-state index contributed by atoms with van der Waals surface area (Å²) in [6, 6.07) is 1.74. The van der Waals surface area contributed by atoms with Gasteiger partial charge in [0.1, 0.15) is 6.07 Å². The van der Waals surface area contributed by atoms with Crippen LogP contribution in [0.1, 0.15) is 0 Å². The Bertz CT molecular complexity index is 463. The molecule has 1 heterocycles. The van der Waals surface area contributed by atoms with Crippen molar-refractivity contribution in [3.05, 3.63) is 29.1 Å². The fraction of sp³-hybridized carbons (Fsp3) is 0. The number of aromatic nitrogens is 2. The van der Waals surface area contributed by atoms with Gasteiger partial charge in [-0.15, -0.1) is 0 Å². The first kappa shape index (κ1) is 11.1. The van der Waals surface area contributed by atoms with Gasteiger partial charge in [-0.3, -0.25) is 0 Å². The average Bonchev–Trinajstić information content (AvgIpc) is 2.24. The maximum atomic E-state index is 13.0. The van der Waals surface area contributed by atoms with E-state index in [0.29, 0.717) is 0 Å². The number of nitrogens with zero attached hydrogens (tertiary/aromatic N) is 4. The molecule has 0 amide bonds. The summed E-state index contributed by atoms with van der Waals surface area (Å²) in [4.78, 5) is 10.5. The standard InChI is InChI=1S/C8H5ClFN5/c9-8-14-4-6(10)7(15-8)13-3-5(1-11)2-12/h1,3-4H,11H2. The lowest BCUT2D eigenvalue weighted by Crippen LogP contribution is -1.90. The zero-order valence-electron chi connectivity index (χ0n) is 7.35. The number of allylic oxidation sites excluding steroid dienone is 1. The first-order chi connectivity index (χ1) is 7.17. The second kappa shape index (κ2) is 5.02. The predicted octanol–water partition coefficient (Wildman–Crippen LogP) is 1.34. The molecule has 0 saturated carbocycles. The van der Waals surface area contributed by atoms with Crippen molar-refractivity contribution < 1.29 is 4.39 Å². The summed E-state index contributed by atoms with van der Waals surface area (Å²) in [7, 11) is 0. The molecular weight excluding hydrogens is 221 g/mol. The van der Waals surface area contributed by atoms with Crippen LogP contribution >= 0.6 is 11.6 Å². The Morgan fingerprint density at radius 2 is 2.47 bits per heavy atom. The van der Waals surface area contributed by atoms with Crippen molar-refractivity contribution in [2.75, 3.05) is 0 Å². The van der Waals surface area contributed by atoms with Crippen molar-refractivity contribution >= 4 is 23.6 Å². The van der Waals surface area contributed by atoms with Crippen LogP contribution in [0.3, 0.4) is 0 Å². The van der Waals surface area contributed by atoms with E-state index in [-0.39, 0.29) is 16.7 Å². The number of hydrogen-bond acceptors (Lipinski definition) is 5. The zero-order valence-corrected chi connectivity index (χ0v) is 8.11. The number of nitrogens with two attached hydrogens (primary N) is 1. The van der Waals surface area contributed by atoms with Crippen molar-refractivity contribution in [3.8, 4) is 6.07 Å². The summed E-state index contributed by atoms with van der Waals surface area (Å²) < 4.78 is 13.0. The van der Waals surface area contributed by atoms with E-state index in [1.807, 2.05) is 0 Å². The maximum Gasteiger partial charge on any atom is 0.224 e. The molecule has 1 aromatic rings. The summed E-state index contributed by atoms with van der Waals surface area (Å²) in [5, 5.41) is 8.36. The molecule has 0 fully saturated rings. The molecule has 0 aromatic carbocycles. The SMILES string of the molecule is N#CC(C=Nc1nc(Cl)ncc1F)=CN. The molecule has 7 heteroatoms. The van der Waals surface area contributed by atoms with Gasteiger partial charge in [-0.05, 0) is 11.6 Å². The second-order valence-electron chi connectivity index (χ2n) is 2.30. The molecule has 0 bridgehead atoms. The Kier molecular flexibility index (Phi) is 3.71. The highest BCUT2D eigenvalue weighted by molar-refractivity contribution is 6.28. The van der Waals surface area contributed by atoms with E-state index in [1.165, 1.54) is 0 Å². The minimum atomic E-state index is -0.732. The first-order valence-corrected chi connectivity index (χ1v) is 4.09. The van der Waals surface area contributed by atoms with Crippen LogP contribution in [0, 0.1) is 17.1 Å². The predicted molar refractivity (Wildman–Crippen MR) is 53.0 cm³/mol. The summed E-state index contributed by atoms with van der Waals surface area (Å²) in [5.74, 6) is -0.977. The molecule has 0 saturated heterocycles. The van der Waals surface area contributed by atoms with Crippen LogP contribution in [-0.2, 0) is 0 Å². The van der Waals surface area contributed by atoms with E-state index in [1.54, 1.807) is 6.07 Å². The van der Waals surface area contributed by atoms with Gasteiger partial charge in [0.15, 0.2) is 11.6 Å². The monoisotopic (exact) mass is 225 g/mol. The molecule has 0 atom stereocenters. The Labute approximate surface area is 89.7 Å². The lowest BCUT2D eigenvalue weighted by molar-refractivity contribution is 0.616. The van der Waals surface area contributed by atoms with Crippen LogP contribution in [0.15, 0.2) is 23.0 Å². The third-order valence-electron chi connectivity index (χ3n) is 1.33. The Balaban J connectivity index is 3.00. The van der Waals surface area contributed by atoms with Gasteiger partial charge in [-0.25, -0.2) is 14.4 Å². The van der Waals surface area contributed by atoms with Crippen molar-refractivity contribution in [3.63, 3.8) is 0 Å². The summed E-state index contributed by atoms with van der Waals surface area (Å²) in [5.41, 5.74) is 5.17. The average molecular weight is 226 g/mol. The first-order valence-electron chi connectivity index (χ1n) is 3.71. The highest BCUT2D eigenvalue weighted by Gasteiger charge is 2.03. The molecular formula is C8H5ClFN5. The Morgan fingerprint density at radius 3 is 3.07 bits per heavy atom.